The molecule has 1 aromatic carbocycles. The van der Waals surface area contributed by atoms with Gasteiger partial charge in [-0.3, -0.25) is 5.32 Å². The van der Waals surface area contributed by atoms with Crippen molar-refractivity contribution in [1.82, 2.24) is 5.32 Å². The Morgan fingerprint density at radius 3 is 2.71 bits per heavy atom. The van der Waals surface area contributed by atoms with Crippen LogP contribution in [0.4, 0.5) is 0 Å². The molecule has 1 heterocycles. The second-order valence-corrected chi connectivity index (χ2v) is 4.09. The van der Waals surface area contributed by atoms with Gasteiger partial charge < -0.3 is 14.9 Å². The SMILES string of the molecule is O=C(O)C1(c2ccc(O)cc2)COCCCN1. The third kappa shape index (κ3) is 2.25. The van der Waals surface area contributed by atoms with E-state index in [0.717, 1.165) is 6.42 Å². The molecule has 0 aliphatic carbocycles. The number of ether oxygens (including phenoxy) is 1. The van der Waals surface area contributed by atoms with Crippen LogP contribution in [0.1, 0.15) is 12.0 Å². The molecule has 17 heavy (non-hydrogen) atoms. The van der Waals surface area contributed by atoms with Gasteiger partial charge >= 0.3 is 5.97 Å². The molecule has 1 unspecified atom stereocenters. The maximum Gasteiger partial charge on any atom is 0.331 e. The summed E-state index contributed by atoms with van der Waals surface area (Å²) in [5, 5.41) is 21.7. The van der Waals surface area contributed by atoms with Crippen LogP contribution in [0.3, 0.4) is 0 Å². The lowest BCUT2D eigenvalue weighted by atomic mass is 9.90. The third-order valence-corrected chi connectivity index (χ3v) is 2.94. The van der Waals surface area contributed by atoms with Crippen LogP contribution < -0.4 is 5.32 Å². The summed E-state index contributed by atoms with van der Waals surface area (Å²) in [4.78, 5) is 11.5. The van der Waals surface area contributed by atoms with Crippen molar-refractivity contribution in [3.8, 4) is 5.75 Å². The number of hydrogen-bond acceptors (Lipinski definition) is 4. The summed E-state index contributed by atoms with van der Waals surface area (Å²) in [7, 11) is 0. The molecule has 1 aliphatic rings. The first kappa shape index (κ1) is 11.9. The maximum atomic E-state index is 11.5. The van der Waals surface area contributed by atoms with Crippen molar-refractivity contribution in [2.45, 2.75) is 12.0 Å². The molecule has 1 aliphatic heterocycles. The van der Waals surface area contributed by atoms with E-state index < -0.39 is 11.5 Å². The molecule has 1 fully saturated rings. The first-order valence-electron chi connectivity index (χ1n) is 5.51. The highest BCUT2D eigenvalue weighted by Gasteiger charge is 2.41. The number of carboxylic acid groups (broad SMARTS) is 1. The van der Waals surface area contributed by atoms with E-state index in [0.29, 0.717) is 18.7 Å². The maximum absolute atomic E-state index is 11.5. The van der Waals surface area contributed by atoms with Crippen LogP contribution >= 0.6 is 0 Å². The molecule has 2 rings (SSSR count). The summed E-state index contributed by atoms with van der Waals surface area (Å²) in [5.74, 6) is -0.853. The summed E-state index contributed by atoms with van der Waals surface area (Å²) in [6.45, 7) is 1.24. The monoisotopic (exact) mass is 237 g/mol. The van der Waals surface area contributed by atoms with Gasteiger partial charge in [0.1, 0.15) is 5.75 Å². The number of aliphatic carboxylic acids is 1. The van der Waals surface area contributed by atoms with Crippen molar-refractivity contribution in [1.29, 1.82) is 0 Å². The number of benzene rings is 1. The molecule has 0 radical (unpaired) electrons. The zero-order valence-electron chi connectivity index (χ0n) is 9.35. The average Bonchev–Trinajstić information content (AvgIpc) is 2.56. The quantitative estimate of drug-likeness (QED) is 0.705. The van der Waals surface area contributed by atoms with Crippen molar-refractivity contribution >= 4 is 5.97 Å². The summed E-state index contributed by atoms with van der Waals surface area (Å²) >= 11 is 0. The Kier molecular flexibility index (Phi) is 3.31. The molecule has 0 bridgehead atoms. The molecule has 92 valence electrons. The van der Waals surface area contributed by atoms with Gasteiger partial charge in [-0.05, 0) is 30.7 Å². The van der Waals surface area contributed by atoms with Gasteiger partial charge in [-0.25, -0.2) is 4.79 Å². The van der Waals surface area contributed by atoms with Gasteiger partial charge in [0.25, 0.3) is 0 Å². The fourth-order valence-electron chi connectivity index (χ4n) is 1.94. The summed E-state index contributed by atoms with van der Waals surface area (Å²) < 4.78 is 5.35. The number of carbonyl (C=O) groups is 1. The number of carboxylic acids is 1. The molecule has 5 heteroatoms. The number of phenolic OH excluding ortho intramolecular Hbond substituents is 1. The third-order valence-electron chi connectivity index (χ3n) is 2.94. The Hall–Kier alpha value is -1.59. The van der Waals surface area contributed by atoms with Crippen LogP contribution in [0.15, 0.2) is 24.3 Å². The largest absolute Gasteiger partial charge is 0.508 e. The Labute approximate surface area is 99.0 Å². The van der Waals surface area contributed by atoms with Gasteiger partial charge in [0, 0.05) is 6.61 Å². The first-order chi connectivity index (χ1) is 8.15. The first-order valence-corrected chi connectivity index (χ1v) is 5.51. The van der Waals surface area contributed by atoms with Crippen molar-refractivity contribution in [3.63, 3.8) is 0 Å². The molecule has 1 atom stereocenters. The zero-order chi connectivity index (χ0) is 12.3. The number of rotatable bonds is 2. The van der Waals surface area contributed by atoms with E-state index in [4.69, 9.17) is 4.74 Å². The summed E-state index contributed by atoms with van der Waals surface area (Å²) in [5.41, 5.74) is -0.630. The van der Waals surface area contributed by atoms with E-state index in [1.165, 1.54) is 12.1 Å². The Morgan fingerprint density at radius 1 is 1.35 bits per heavy atom. The lowest BCUT2D eigenvalue weighted by Gasteiger charge is -2.28. The fraction of sp³-hybridized carbons (Fsp3) is 0.417. The number of phenols is 1. The molecular weight excluding hydrogens is 222 g/mol. The Balaban J connectivity index is 2.39. The van der Waals surface area contributed by atoms with Crippen molar-refractivity contribution in [2.75, 3.05) is 19.8 Å². The molecule has 3 N–H and O–H groups in total. The van der Waals surface area contributed by atoms with Crippen LogP contribution in [-0.4, -0.2) is 35.9 Å². The second-order valence-electron chi connectivity index (χ2n) is 4.09. The summed E-state index contributed by atoms with van der Waals surface area (Å²) in [6.07, 6.45) is 0.785. The molecule has 0 aromatic heterocycles. The molecule has 1 aromatic rings. The van der Waals surface area contributed by atoms with Crippen LogP contribution in [0.5, 0.6) is 5.75 Å². The van der Waals surface area contributed by atoms with Crippen LogP contribution in [0.25, 0.3) is 0 Å². The minimum Gasteiger partial charge on any atom is -0.508 e. The lowest BCUT2D eigenvalue weighted by molar-refractivity contribution is -0.147. The molecule has 1 saturated heterocycles. The molecule has 5 nitrogen and oxygen atoms in total. The van der Waals surface area contributed by atoms with E-state index in [2.05, 4.69) is 5.32 Å². The van der Waals surface area contributed by atoms with Crippen LogP contribution in [0.2, 0.25) is 0 Å². The fourth-order valence-corrected chi connectivity index (χ4v) is 1.94. The normalized spacial score (nSPS) is 25.2. The topological polar surface area (TPSA) is 78.8 Å². The highest BCUT2D eigenvalue weighted by Crippen LogP contribution is 2.25. The zero-order valence-corrected chi connectivity index (χ0v) is 9.35. The lowest BCUT2D eigenvalue weighted by Crippen LogP contribution is -2.51. The average molecular weight is 237 g/mol. The second kappa shape index (κ2) is 4.73. The van der Waals surface area contributed by atoms with Gasteiger partial charge in [0.2, 0.25) is 0 Å². The number of nitrogens with one attached hydrogen (secondary N) is 1. The van der Waals surface area contributed by atoms with Crippen LogP contribution in [0, 0.1) is 0 Å². The van der Waals surface area contributed by atoms with Gasteiger partial charge in [0.05, 0.1) is 6.61 Å². The van der Waals surface area contributed by atoms with Crippen molar-refractivity contribution < 1.29 is 19.7 Å². The van der Waals surface area contributed by atoms with Gasteiger partial charge in [0.15, 0.2) is 5.54 Å². The molecule has 0 saturated carbocycles. The van der Waals surface area contributed by atoms with E-state index >= 15 is 0 Å². The minimum atomic E-state index is -1.22. The predicted octanol–water partition coefficient (Wildman–Crippen LogP) is 0.682. The molecular formula is C12H15NO4. The van der Waals surface area contributed by atoms with Gasteiger partial charge in [-0.15, -0.1) is 0 Å². The highest BCUT2D eigenvalue weighted by atomic mass is 16.5. The van der Waals surface area contributed by atoms with Crippen molar-refractivity contribution in [3.05, 3.63) is 29.8 Å². The van der Waals surface area contributed by atoms with E-state index in [1.807, 2.05) is 0 Å². The van der Waals surface area contributed by atoms with E-state index in [1.54, 1.807) is 12.1 Å². The molecule has 0 spiro atoms. The molecule has 0 amide bonds. The summed E-state index contributed by atoms with van der Waals surface area (Å²) in [6, 6.07) is 6.16. The van der Waals surface area contributed by atoms with Crippen molar-refractivity contribution in [2.24, 2.45) is 0 Å². The Bertz CT molecular complexity index is 393. The van der Waals surface area contributed by atoms with Crippen LogP contribution in [-0.2, 0) is 15.1 Å². The van der Waals surface area contributed by atoms with Gasteiger partial charge in [-0.2, -0.15) is 0 Å². The minimum absolute atomic E-state index is 0.0904. The highest BCUT2D eigenvalue weighted by molar-refractivity contribution is 5.81. The smallest absolute Gasteiger partial charge is 0.331 e. The van der Waals surface area contributed by atoms with Gasteiger partial charge in [-0.1, -0.05) is 12.1 Å². The Morgan fingerprint density at radius 2 is 2.06 bits per heavy atom. The predicted molar refractivity (Wildman–Crippen MR) is 60.9 cm³/mol. The van der Waals surface area contributed by atoms with E-state index in [9.17, 15) is 15.0 Å². The number of hydrogen-bond donors (Lipinski definition) is 3. The standard InChI is InChI=1S/C12H15NO4/c14-10-4-2-9(3-5-10)12(11(15)16)8-17-7-1-6-13-12/h2-5,13-14H,1,6-8H2,(H,15,16). The number of aromatic hydroxyl groups is 1. The van der Waals surface area contributed by atoms with E-state index in [-0.39, 0.29) is 12.4 Å².